The molecule has 1 unspecified atom stereocenters. The van der Waals surface area contributed by atoms with Crippen molar-refractivity contribution in [2.24, 2.45) is 11.7 Å². The van der Waals surface area contributed by atoms with Crippen LogP contribution in [0.4, 0.5) is 0 Å². The summed E-state index contributed by atoms with van der Waals surface area (Å²) in [5.41, 5.74) is 6.14. The summed E-state index contributed by atoms with van der Waals surface area (Å²) in [5, 5.41) is 0. The molecule has 4 nitrogen and oxygen atoms in total. The van der Waals surface area contributed by atoms with Gasteiger partial charge in [0.15, 0.2) is 0 Å². The summed E-state index contributed by atoms with van der Waals surface area (Å²) in [7, 11) is 3.49. The van der Waals surface area contributed by atoms with Crippen LogP contribution in [0.2, 0.25) is 0 Å². The summed E-state index contributed by atoms with van der Waals surface area (Å²) >= 11 is 0. The van der Waals surface area contributed by atoms with E-state index in [0.717, 1.165) is 45.2 Å². The van der Waals surface area contributed by atoms with Gasteiger partial charge in [-0.15, -0.1) is 0 Å². The molecule has 0 bridgehead atoms. The first-order chi connectivity index (χ1) is 7.77. The lowest BCUT2D eigenvalue weighted by Crippen LogP contribution is -2.41. The average molecular weight is 230 g/mol. The highest BCUT2D eigenvalue weighted by atomic mass is 16.5. The predicted molar refractivity (Wildman–Crippen MR) is 65.5 cm³/mol. The molecule has 1 rings (SSSR count). The van der Waals surface area contributed by atoms with Gasteiger partial charge in [-0.05, 0) is 25.2 Å². The van der Waals surface area contributed by atoms with Gasteiger partial charge in [0.2, 0.25) is 0 Å². The fraction of sp³-hybridized carbons (Fsp3) is 1.00. The van der Waals surface area contributed by atoms with Crippen molar-refractivity contribution in [2.75, 3.05) is 47.1 Å². The van der Waals surface area contributed by atoms with Crippen LogP contribution < -0.4 is 5.73 Å². The molecule has 0 amide bonds. The van der Waals surface area contributed by atoms with E-state index in [1.54, 1.807) is 14.2 Å². The molecule has 1 atom stereocenters. The third-order valence-corrected chi connectivity index (χ3v) is 3.13. The Hall–Kier alpha value is -0.160. The van der Waals surface area contributed by atoms with E-state index in [4.69, 9.17) is 15.2 Å². The molecule has 1 aliphatic rings. The molecule has 0 saturated heterocycles. The topological polar surface area (TPSA) is 47.7 Å². The molecule has 96 valence electrons. The maximum Gasteiger partial charge on any atom is 0.0589 e. The predicted octanol–water partition coefficient (Wildman–Crippen LogP) is 0.709. The highest BCUT2D eigenvalue weighted by Crippen LogP contribution is 2.31. The van der Waals surface area contributed by atoms with Crippen LogP contribution >= 0.6 is 0 Å². The smallest absolute Gasteiger partial charge is 0.0589 e. The third-order valence-electron chi connectivity index (χ3n) is 3.13. The van der Waals surface area contributed by atoms with Crippen LogP contribution in [0.25, 0.3) is 0 Å². The van der Waals surface area contributed by atoms with Crippen LogP contribution in [0.15, 0.2) is 0 Å². The Labute approximate surface area is 99.1 Å². The fourth-order valence-corrected chi connectivity index (χ4v) is 1.92. The minimum Gasteiger partial charge on any atom is -0.385 e. The Morgan fingerprint density at radius 2 is 1.88 bits per heavy atom. The number of hydrogen-bond acceptors (Lipinski definition) is 4. The molecule has 0 aliphatic heterocycles. The van der Waals surface area contributed by atoms with Gasteiger partial charge < -0.3 is 15.2 Å². The molecule has 1 saturated carbocycles. The molecule has 0 radical (unpaired) electrons. The Balaban J connectivity index is 2.18. The molecule has 0 spiro atoms. The molecule has 0 aromatic heterocycles. The van der Waals surface area contributed by atoms with E-state index in [-0.39, 0.29) is 0 Å². The lowest BCUT2D eigenvalue weighted by molar-refractivity contribution is 0.127. The van der Waals surface area contributed by atoms with Crippen molar-refractivity contribution in [1.29, 1.82) is 0 Å². The van der Waals surface area contributed by atoms with Crippen molar-refractivity contribution in [3.05, 3.63) is 0 Å². The second kappa shape index (κ2) is 8.01. The Morgan fingerprint density at radius 1 is 1.19 bits per heavy atom. The van der Waals surface area contributed by atoms with Crippen LogP contribution in [0.3, 0.4) is 0 Å². The standard InChI is InChI=1S/C12H26N2O2/c1-15-8-3-6-14(7-9-16-2)10-12(13)11-4-5-11/h11-12H,3-10,13H2,1-2H3. The van der Waals surface area contributed by atoms with E-state index in [9.17, 15) is 0 Å². The number of rotatable bonds is 10. The molecule has 2 N–H and O–H groups in total. The lowest BCUT2D eigenvalue weighted by Gasteiger charge is -2.25. The second-order valence-corrected chi connectivity index (χ2v) is 4.64. The molecule has 4 heteroatoms. The normalized spacial score (nSPS) is 18.0. The first-order valence-corrected chi connectivity index (χ1v) is 6.23. The minimum absolute atomic E-state index is 0.347. The molecule has 16 heavy (non-hydrogen) atoms. The summed E-state index contributed by atoms with van der Waals surface area (Å²) in [5.74, 6) is 0.771. The van der Waals surface area contributed by atoms with Gasteiger partial charge in [-0.1, -0.05) is 0 Å². The van der Waals surface area contributed by atoms with E-state index in [1.807, 2.05) is 0 Å². The average Bonchev–Trinajstić information content (AvgIpc) is 3.09. The zero-order valence-corrected chi connectivity index (χ0v) is 10.7. The SMILES string of the molecule is COCCCN(CCOC)CC(N)C1CC1. The van der Waals surface area contributed by atoms with E-state index < -0.39 is 0 Å². The van der Waals surface area contributed by atoms with Crippen molar-refractivity contribution in [1.82, 2.24) is 4.90 Å². The number of methoxy groups -OCH3 is 2. The summed E-state index contributed by atoms with van der Waals surface area (Å²) in [4.78, 5) is 2.39. The number of hydrogen-bond donors (Lipinski definition) is 1. The lowest BCUT2D eigenvalue weighted by atomic mass is 10.2. The van der Waals surface area contributed by atoms with Gasteiger partial charge in [-0.2, -0.15) is 0 Å². The van der Waals surface area contributed by atoms with E-state index in [2.05, 4.69) is 4.90 Å². The van der Waals surface area contributed by atoms with Gasteiger partial charge >= 0.3 is 0 Å². The van der Waals surface area contributed by atoms with E-state index >= 15 is 0 Å². The fourth-order valence-electron chi connectivity index (χ4n) is 1.92. The number of ether oxygens (including phenoxy) is 2. The first-order valence-electron chi connectivity index (χ1n) is 6.23. The second-order valence-electron chi connectivity index (χ2n) is 4.64. The van der Waals surface area contributed by atoms with Crippen LogP contribution in [0.1, 0.15) is 19.3 Å². The zero-order chi connectivity index (χ0) is 11.8. The van der Waals surface area contributed by atoms with Crippen molar-refractivity contribution in [3.63, 3.8) is 0 Å². The monoisotopic (exact) mass is 230 g/mol. The van der Waals surface area contributed by atoms with E-state index in [1.165, 1.54) is 12.8 Å². The van der Waals surface area contributed by atoms with Crippen molar-refractivity contribution in [3.8, 4) is 0 Å². The molecule has 0 aromatic carbocycles. The number of nitrogens with zero attached hydrogens (tertiary/aromatic N) is 1. The number of nitrogens with two attached hydrogens (primary N) is 1. The Bertz CT molecular complexity index is 174. The molecular weight excluding hydrogens is 204 g/mol. The molecule has 1 fully saturated rings. The van der Waals surface area contributed by atoms with Gasteiger partial charge in [-0.3, -0.25) is 4.90 Å². The Morgan fingerprint density at radius 3 is 2.44 bits per heavy atom. The van der Waals surface area contributed by atoms with Crippen molar-refractivity contribution >= 4 is 0 Å². The van der Waals surface area contributed by atoms with Gasteiger partial charge in [-0.25, -0.2) is 0 Å². The highest BCUT2D eigenvalue weighted by molar-refractivity contribution is 4.86. The maximum absolute atomic E-state index is 6.14. The van der Waals surface area contributed by atoms with Crippen LogP contribution in [0.5, 0.6) is 0 Å². The third kappa shape index (κ3) is 5.80. The maximum atomic E-state index is 6.14. The van der Waals surface area contributed by atoms with Gasteiger partial charge in [0.1, 0.15) is 0 Å². The minimum atomic E-state index is 0.347. The van der Waals surface area contributed by atoms with Crippen molar-refractivity contribution in [2.45, 2.75) is 25.3 Å². The first kappa shape index (κ1) is 13.9. The van der Waals surface area contributed by atoms with Gasteiger partial charge in [0.05, 0.1) is 6.61 Å². The Kier molecular flexibility index (Phi) is 6.96. The van der Waals surface area contributed by atoms with Gasteiger partial charge in [0, 0.05) is 46.5 Å². The van der Waals surface area contributed by atoms with Crippen LogP contribution in [-0.2, 0) is 9.47 Å². The quantitative estimate of drug-likeness (QED) is 0.562. The summed E-state index contributed by atoms with van der Waals surface area (Å²) in [6, 6.07) is 0.347. The zero-order valence-electron chi connectivity index (χ0n) is 10.7. The van der Waals surface area contributed by atoms with Crippen LogP contribution in [-0.4, -0.2) is 58.0 Å². The van der Waals surface area contributed by atoms with Crippen LogP contribution in [0, 0.1) is 5.92 Å². The molecule has 0 heterocycles. The molecule has 1 aliphatic carbocycles. The van der Waals surface area contributed by atoms with Crippen molar-refractivity contribution < 1.29 is 9.47 Å². The van der Waals surface area contributed by atoms with Gasteiger partial charge in [0.25, 0.3) is 0 Å². The largest absolute Gasteiger partial charge is 0.385 e. The van der Waals surface area contributed by atoms with E-state index in [0.29, 0.717) is 6.04 Å². The highest BCUT2D eigenvalue weighted by Gasteiger charge is 2.29. The summed E-state index contributed by atoms with van der Waals surface area (Å²) < 4.78 is 10.2. The summed E-state index contributed by atoms with van der Waals surface area (Å²) in [6.45, 7) is 4.63. The molecular formula is C12H26N2O2. The summed E-state index contributed by atoms with van der Waals surface area (Å²) in [6.07, 6.45) is 3.70. The molecule has 0 aromatic rings.